The Labute approximate surface area is 298 Å². The van der Waals surface area contributed by atoms with E-state index in [-0.39, 0.29) is 0 Å². The Kier molecular flexibility index (Phi) is 6.90. The fourth-order valence-electron chi connectivity index (χ4n) is 7.17. The highest BCUT2D eigenvalue weighted by Crippen LogP contribution is 2.39. The molecule has 0 fully saturated rings. The Morgan fingerprint density at radius 2 is 1.14 bits per heavy atom. The number of allylic oxidation sites excluding steroid dienone is 1. The molecule has 10 rings (SSSR count). The van der Waals surface area contributed by atoms with Crippen molar-refractivity contribution >= 4 is 60.8 Å². The van der Waals surface area contributed by atoms with E-state index in [9.17, 15) is 0 Å². The molecule has 5 heteroatoms. The molecular formula is C45H31N3S2. The van der Waals surface area contributed by atoms with E-state index in [0.29, 0.717) is 0 Å². The van der Waals surface area contributed by atoms with Gasteiger partial charge in [0.2, 0.25) is 0 Å². The number of aryl methyl sites for hydroxylation is 2. The van der Waals surface area contributed by atoms with Gasteiger partial charge in [0.15, 0.2) is 0 Å². The fourth-order valence-corrected chi connectivity index (χ4v) is 9.19. The summed E-state index contributed by atoms with van der Waals surface area (Å²) < 4.78 is 3.61. The molecule has 9 aromatic rings. The molecule has 3 heterocycles. The maximum absolute atomic E-state index is 4.96. The fraction of sp³-hybridized carbons (Fsp3) is 0.0667. The number of rotatable bonds is 5. The normalized spacial score (nSPS) is 12.7. The Bertz CT molecular complexity index is 2710. The van der Waals surface area contributed by atoms with Gasteiger partial charge in [-0.05, 0) is 96.6 Å². The second-order valence-corrected chi connectivity index (χ2v) is 15.1. The number of nitrogens with zero attached hydrogens (tertiary/aromatic N) is 3. The zero-order valence-corrected chi connectivity index (χ0v) is 29.1. The number of para-hydroxylation sites is 1. The third-order valence-corrected chi connectivity index (χ3v) is 12.0. The summed E-state index contributed by atoms with van der Waals surface area (Å²) in [7, 11) is 0. The van der Waals surface area contributed by atoms with E-state index in [1.807, 2.05) is 6.07 Å². The van der Waals surface area contributed by atoms with Gasteiger partial charge in [-0.2, -0.15) is 0 Å². The molecule has 0 atom stereocenters. The second kappa shape index (κ2) is 11.8. The van der Waals surface area contributed by atoms with Crippen molar-refractivity contribution in [2.24, 2.45) is 0 Å². The number of benzene rings is 6. The third kappa shape index (κ3) is 5.01. The highest BCUT2D eigenvalue weighted by Gasteiger charge is 2.16. The maximum atomic E-state index is 4.96. The number of hydrogen-bond acceptors (Lipinski definition) is 4. The molecule has 1 aliphatic rings. The number of fused-ring (bicyclic) bond motifs is 5. The first-order valence-electron chi connectivity index (χ1n) is 17.0. The van der Waals surface area contributed by atoms with Crippen LogP contribution in [0.25, 0.3) is 87.2 Å². The van der Waals surface area contributed by atoms with E-state index in [0.717, 1.165) is 33.9 Å². The van der Waals surface area contributed by atoms with Gasteiger partial charge in [-0.3, -0.25) is 0 Å². The van der Waals surface area contributed by atoms with Crippen molar-refractivity contribution in [2.75, 3.05) is 0 Å². The van der Waals surface area contributed by atoms with Crippen molar-refractivity contribution in [3.63, 3.8) is 0 Å². The molecule has 3 nitrogen and oxygen atoms in total. The summed E-state index contributed by atoms with van der Waals surface area (Å²) in [5.41, 5.74) is 14.2. The van der Waals surface area contributed by atoms with E-state index < -0.39 is 0 Å². The molecule has 0 radical (unpaired) electrons. The van der Waals surface area contributed by atoms with E-state index in [1.54, 1.807) is 22.7 Å². The van der Waals surface area contributed by atoms with Crippen molar-refractivity contribution in [3.8, 4) is 49.1 Å². The standard InChI is InChI=1S/C45H31N3S2/c1-28-10-22-35(23-11-28)48-40-24-20-33(29-12-16-31(17-13-29)44-46-38-6-2-4-8-42(38)49-44)26-36(40)37-27-34(21-25-41(37)48)30-14-18-32(19-15-30)45-47-39-7-3-5-9-43(39)50-45/h2,4-6,8-27H,3,7H2,1H3. The first kappa shape index (κ1) is 29.3. The molecule has 0 bridgehead atoms. The van der Waals surface area contributed by atoms with Gasteiger partial charge >= 0.3 is 0 Å². The maximum Gasteiger partial charge on any atom is 0.124 e. The number of hydrogen-bond donors (Lipinski definition) is 0. The molecule has 0 N–H and O–H groups in total. The lowest BCUT2D eigenvalue weighted by Gasteiger charge is -2.09. The van der Waals surface area contributed by atoms with Crippen LogP contribution in [-0.2, 0) is 6.42 Å². The van der Waals surface area contributed by atoms with Gasteiger partial charge in [-0.25, -0.2) is 9.97 Å². The summed E-state index contributed by atoms with van der Waals surface area (Å²) in [6.45, 7) is 2.14. The summed E-state index contributed by atoms with van der Waals surface area (Å²) in [5, 5.41) is 4.64. The van der Waals surface area contributed by atoms with E-state index in [2.05, 4.69) is 151 Å². The largest absolute Gasteiger partial charge is 0.309 e. The minimum Gasteiger partial charge on any atom is -0.309 e. The first-order valence-corrected chi connectivity index (χ1v) is 18.7. The molecule has 0 spiro atoms. The van der Waals surface area contributed by atoms with Crippen molar-refractivity contribution in [1.82, 2.24) is 14.5 Å². The molecule has 0 unspecified atom stereocenters. The minimum atomic E-state index is 1.04. The van der Waals surface area contributed by atoms with E-state index >= 15 is 0 Å². The van der Waals surface area contributed by atoms with Crippen LogP contribution in [0.5, 0.6) is 0 Å². The van der Waals surface area contributed by atoms with Gasteiger partial charge in [0.1, 0.15) is 10.0 Å². The summed E-state index contributed by atoms with van der Waals surface area (Å²) in [4.78, 5) is 11.1. The van der Waals surface area contributed by atoms with Crippen molar-refractivity contribution in [3.05, 3.63) is 156 Å². The molecule has 0 saturated heterocycles. The molecule has 0 saturated carbocycles. The lowest BCUT2D eigenvalue weighted by molar-refractivity contribution is 0.947. The molecule has 0 aliphatic heterocycles. The lowest BCUT2D eigenvalue weighted by atomic mass is 9.99. The summed E-state index contributed by atoms with van der Waals surface area (Å²) >= 11 is 3.53. The Balaban J connectivity index is 1.06. The predicted molar refractivity (Wildman–Crippen MR) is 213 cm³/mol. The Hall–Kier alpha value is -5.62. The average Bonchev–Trinajstić information content (AvgIpc) is 3.89. The predicted octanol–water partition coefficient (Wildman–Crippen LogP) is 12.8. The summed E-state index contributed by atoms with van der Waals surface area (Å²) in [5.74, 6) is 0. The van der Waals surface area contributed by atoms with Crippen LogP contribution in [0.1, 0.15) is 22.6 Å². The van der Waals surface area contributed by atoms with Crippen LogP contribution in [0.15, 0.2) is 140 Å². The second-order valence-electron chi connectivity index (χ2n) is 13.0. The highest BCUT2D eigenvalue weighted by molar-refractivity contribution is 7.21. The zero-order valence-electron chi connectivity index (χ0n) is 27.4. The average molecular weight is 678 g/mol. The van der Waals surface area contributed by atoms with Gasteiger partial charge < -0.3 is 4.57 Å². The molecule has 238 valence electrons. The molecule has 6 aromatic carbocycles. The van der Waals surface area contributed by atoms with Crippen LogP contribution in [0.3, 0.4) is 0 Å². The van der Waals surface area contributed by atoms with Gasteiger partial charge in [-0.15, -0.1) is 22.7 Å². The first-order chi connectivity index (χ1) is 24.6. The van der Waals surface area contributed by atoms with Crippen molar-refractivity contribution in [2.45, 2.75) is 19.8 Å². The van der Waals surface area contributed by atoms with Crippen LogP contribution in [-0.4, -0.2) is 14.5 Å². The lowest BCUT2D eigenvalue weighted by Crippen LogP contribution is -1.93. The molecule has 0 amide bonds. The highest BCUT2D eigenvalue weighted by atomic mass is 32.1. The number of aromatic nitrogens is 3. The van der Waals surface area contributed by atoms with Crippen LogP contribution in [0.4, 0.5) is 0 Å². The van der Waals surface area contributed by atoms with Crippen molar-refractivity contribution in [1.29, 1.82) is 0 Å². The Morgan fingerprint density at radius 1 is 0.560 bits per heavy atom. The van der Waals surface area contributed by atoms with Crippen molar-refractivity contribution < 1.29 is 0 Å². The zero-order chi connectivity index (χ0) is 33.2. The smallest absolute Gasteiger partial charge is 0.124 e. The quantitative estimate of drug-likeness (QED) is 0.181. The molecule has 50 heavy (non-hydrogen) atoms. The molecule has 3 aromatic heterocycles. The monoisotopic (exact) mass is 677 g/mol. The van der Waals surface area contributed by atoms with Crippen LogP contribution >= 0.6 is 22.7 Å². The summed E-state index contributed by atoms with van der Waals surface area (Å²) in [6.07, 6.45) is 6.59. The topological polar surface area (TPSA) is 30.7 Å². The SMILES string of the molecule is Cc1ccc(-n2c3ccc(-c4ccc(-c5nc6c(s5)C=CCC6)cc4)cc3c3cc(-c4ccc(-c5nc6ccccc6s5)cc4)ccc32)cc1. The summed E-state index contributed by atoms with van der Waals surface area (Å²) in [6, 6.07) is 48.8. The third-order valence-electron chi connectivity index (χ3n) is 9.83. The van der Waals surface area contributed by atoms with Gasteiger partial charge in [-0.1, -0.05) is 96.6 Å². The van der Waals surface area contributed by atoms with E-state index in [4.69, 9.17) is 9.97 Å². The van der Waals surface area contributed by atoms with Crippen LogP contribution < -0.4 is 0 Å². The minimum absolute atomic E-state index is 1.04. The Morgan fingerprint density at radius 3 is 1.76 bits per heavy atom. The van der Waals surface area contributed by atoms with Gasteiger partial charge in [0, 0.05) is 27.6 Å². The van der Waals surface area contributed by atoms with Gasteiger partial charge in [0.05, 0.1) is 31.8 Å². The van der Waals surface area contributed by atoms with Crippen LogP contribution in [0, 0.1) is 6.92 Å². The van der Waals surface area contributed by atoms with Crippen LogP contribution in [0.2, 0.25) is 0 Å². The molecular weight excluding hydrogens is 647 g/mol. The number of thiazole rings is 2. The van der Waals surface area contributed by atoms with E-state index in [1.165, 1.54) is 76.1 Å². The molecule has 1 aliphatic carbocycles. The van der Waals surface area contributed by atoms with Gasteiger partial charge in [0.25, 0.3) is 0 Å².